The number of benzene rings is 8. The molecule has 0 amide bonds. The Hall–Kier alpha value is -4.52. The van der Waals surface area contributed by atoms with Gasteiger partial charge in [0.15, 0.2) is 33.3 Å². The minimum Gasteiger partial charge on any atom is -0.413 e. The van der Waals surface area contributed by atoms with Gasteiger partial charge in [-0.2, -0.15) is 0 Å². The van der Waals surface area contributed by atoms with Gasteiger partial charge in [-0.05, 0) is 102 Å². The van der Waals surface area contributed by atoms with Gasteiger partial charge in [-0.15, -0.1) is 0 Å². The van der Waals surface area contributed by atoms with Crippen LogP contribution in [0.3, 0.4) is 0 Å². The minimum absolute atomic E-state index is 0.0867. The molecule has 8 heterocycles. The number of hydrogen-bond donors (Lipinski definition) is 0. The van der Waals surface area contributed by atoms with Crippen LogP contribution in [0.5, 0.6) is 0 Å². The first-order chi connectivity index (χ1) is 55.1. The van der Waals surface area contributed by atoms with Crippen molar-refractivity contribution in [1.29, 1.82) is 0 Å². The van der Waals surface area contributed by atoms with Crippen LogP contribution in [0, 0.1) is 0 Å². The molecule has 0 spiro atoms. The summed E-state index contributed by atoms with van der Waals surface area (Å²) >= 11 is 0. The maximum absolute atomic E-state index is 9.22. The van der Waals surface area contributed by atoms with Crippen LogP contribution >= 0.6 is 0 Å². The number of fused-ring (bicyclic) bond motifs is 4. The second kappa shape index (κ2) is 36.4. The molecule has 0 N–H and O–H groups in total. The summed E-state index contributed by atoms with van der Waals surface area (Å²) < 4.78 is 173. The van der Waals surface area contributed by atoms with Gasteiger partial charge in [-0.1, -0.05) is 243 Å². The van der Waals surface area contributed by atoms with Gasteiger partial charge >= 0.3 is 70.4 Å². The van der Waals surface area contributed by atoms with E-state index in [1.807, 2.05) is 243 Å². The third-order valence-corrected chi connectivity index (χ3v) is 69.6. The highest BCUT2D eigenvalue weighted by molar-refractivity contribution is 7.11. The highest BCUT2D eigenvalue weighted by Crippen LogP contribution is 2.46. The van der Waals surface area contributed by atoms with Gasteiger partial charge in [-0.3, -0.25) is 0 Å². The first-order valence-electron chi connectivity index (χ1n) is 40.1. The molecule has 4 unspecified atom stereocenters. The molecular formula is C80H108O22Si12. The van der Waals surface area contributed by atoms with Gasteiger partial charge < -0.3 is 95.5 Å². The van der Waals surface area contributed by atoms with Crippen molar-refractivity contribution in [3.8, 4) is 0 Å². The molecular weight excluding hydrogens is 1650 g/mol. The Kier molecular flexibility index (Phi) is 27.0. The standard InChI is InChI=1S/C80H108O22Si12/c1-103(2,57-33-53-81-61-69-65-85-69)89-107(73-37-17-9-18-38-73)93-111(77-45-25-13-26-46-77)95-108(74-39-19-10-20-40-74,90-104(3,4)58-34-54-82-62-70-66-86-70)96-112(94-107,78-47-27-14-28-48-78)102-114(80-51-31-16-32-52-80)98-109(75-41-21-11-22-42-75,91-105(5,6)59-35-55-83-63-71-67-87-71)97-113(101-111,79-49-29-15-30-50-79)99-110(100-114,76-43-23-12-24-44-76)92-106(7,8)60-36-56-84-64-72-68-88-72/h9-32,37-52,69-72H,33-36,53-68H2,1-8H3. The molecule has 114 heavy (non-hydrogen) atoms. The van der Waals surface area contributed by atoms with E-state index in [1.54, 1.807) is 0 Å². The third-order valence-electron chi connectivity index (χ3n) is 20.4. The Bertz CT molecular complexity index is 3760. The fourth-order valence-corrected chi connectivity index (χ4v) is 74.9. The average molecular weight is 1760 g/mol. The van der Waals surface area contributed by atoms with Crippen LogP contribution in [-0.4, -0.2) is 207 Å². The highest BCUT2D eigenvalue weighted by atomic mass is 28.6. The van der Waals surface area contributed by atoms with Crippen molar-refractivity contribution in [2.45, 2.75) is 127 Å². The molecule has 608 valence electrons. The molecule has 0 radical (unpaired) electrons. The van der Waals surface area contributed by atoms with Crippen molar-refractivity contribution in [2.75, 3.05) is 79.3 Å². The van der Waals surface area contributed by atoms with Gasteiger partial charge in [0.25, 0.3) is 0 Å². The molecule has 4 atom stereocenters. The van der Waals surface area contributed by atoms with Crippen LogP contribution in [0.4, 0.5) is 0 Å². The van der Waals surface area contributed by atoms with Gasteiger partial charge in [0.1, 0.15) is 24.4 Å². The van der Waals surface area contributed by atoms with Crippen molar-refractivity contribution >= 4 is 145 Å². The average Bonchev–Trinajstić information content (AvgIpc) is 1.12. The lowest BCUT2D eigenvalue weighted by Crippen LogP contribution is -2.91. The molecule has 8 aromatic carbocycles. The Morgan fingerprint density at radius 2 is 0.395 bits per heavy atom. The third kappa shape index (κ3) is 21.2. The number of epoxide rings is 4. The monoisotopic (exact) mass is 1760 g/mol. The molecule has 22 nitrogen and oxygen atoms in total. The van der Waals surface area contributed by atoms with E-state index >= 15 is 0 Å². The van der Waals surface area contributed by atoms with Crippen molar-refractivity contribution < 1.29 is 95.5 Å². The zero-order chi connectivity index (χ0) is 78.9. The highest BCUT2D eigenvalue weighted by Gasteiger charge is 2.81. The number of rotatable bonds is 40. The van der Waals surface area contributed by atoms with Gasteiger partial charge in [-0.25, -0.2) is 0 Å². The zero-order valence-corrected chi connectivity index (χ0v) is 78.5. The number of hydrogen-bond acceptors (Lipinski definition) is 22. The molecule has 0 saturated carbocycles. The predicted octanol–water partition coefficient (Wildman–Crippen LogP) is 9.07. The minimum atomic E-state index is -5.53. The first-order valence-corrected chi connectivity index (χ1v) is 66.3. The van der Waals surface area contributed by atoms with E-state index in [-0.39, 0.29) is 24.4 Å². The normalized spacial score (nSPS) is 29.5. The molecule has 8 aromatic rings. The first kappa shape index (κ1) is 84.5. The summed E-state index contributed by atoms with van der Waals surface area (Å²) in [6.45, 7) is 24.2. The molecule has 0 aliphatic carbocycles. The van der Waals surface area contributed by atoms with Crippen molar-refractivity contribution in [3.63, 3.8) is 0 Å². The summed E-state index contributed by atoms with van der Waals surface area (Å²) in [5.41, 5.74) is 0. The van der Waals surface area contributed by atoms with Gasteiger partial charge in [0.05, 0.1) is 52.9 Å². The lowest BCUT2D eigenvalue weighted by molar-refractivity contribution is 0.0476. The van der Waals surface area contributed by atoms with Crippen LogP contribution in [-0.2, 0) is 95.5 Å². The second-order valence-corrected chi connectivity index (χ2v) is 73.4. The molecule has 8 aliphatic rings. The fraction of sp³-hybridized carbons (Fsp3) is 0.400. The van der Waals surface area contributed by atoms with Crippen LogP contribution in [0.1, 0.15) is 25.7 Å². The molecule has 0 aromatic heterocycles. The molecule has 4 bridgehead atoms. The van der Waals surface area contributed by atoms with Crippen LogP contribution in [0.2, 0.25) is 76.6 Å². The van der Waals surface area contributed by atoms with E-state index in [2.05, 4.69) is 52.4 Å². The van der Waals surface area contributed by atoms with E-state index in [1.165, 1.54) is 0 Å². The van der Waals surface area contributed by atoms with Crippen molar-refractivity contribution in [1.82, 2.24) is 0 Å². The summed E-state index contributed by atoms with van der Waals surface area (Å²) in [7, 11) is -55.6. The topological polar surface area (TPSA) is 216 Å². The molecule has 8 fully saturated rings. The summed E-state index contributed by atoms with van der Waals surface area (Å²) in [5, 5.41) is 4.20. The van der Waals surface area contributed by atoms with E-state index in [4.69, 9.17) is 87.3 Å². The van der Waals surface area contributed by atoms with Crippen molar-refractivity contribution in [2.24, 2.45) is 0 Å². The van der Waals surface area contributed by atoms with E-state index in [0.717, 1.165) is 0 Å². The summed E-state index contributed by atoms with van der Waals surface area (Å²) in [4.78, 5) is 0. The Morgan fingerprint density at radius 1 is 0.237 bits per heavy atom. The fourth-order valence-electron chi connectivity index (χ4n) is 14.4. The summed E-state index contributed by atoms with van der Waals surface area (Å²) in [5.74, 6) is 0. The van der Waals surface area contributed by atoms with Crippen LogP contribution < -0.4 is 41.5 Å². The number of ether oxygens (including phenoxy) is 8. The van der Waals surface area contributed by atoms with E-state index in [0.29, 0.717) is 171 Å². The summed E-state index contributed by atoms with van der Waals surface area (Å²) in [6, 6.07) is 81.8. The lowest BCUT2D eigenvalue weighted by Gasteiger charge is -2.58. The van der Waals surface area contributed by atoms with Crippen molar-refractivity contribution in [3.05, 3.63) is 243 Å². The maximum Gasteiger partial charge on any atom is 0.515 e. The SMILES string of the molecule is C[Si](C)(CCCOCC1CO1)O[Si]1(c2ccccc2)O[Si]2(c3ccccc3)O[Si](O[Si](C)(C)CCCOCC3CO3)(c3ccccc3)O[Si](c3ccccc3)(O1)O[Si]1(c3ccccc3)O[Si](O[Si](C)(C)CCCOCC3CO3)(c3ccccc3)O[Si](c3ccccc3)(O[Si](O[Si](C)(C)CCCOCC3CO3)(c3ccccc3)O1)O2. The second-order valence-electron chi connectivity index (χ2n) is 32.4. The van der Waals surface area contributed by atoms with Crippen LogP contribution in [0.25, 0.3) is 0 Å². The quantitative estimate of drug-likeness (QED) is 0.0199. The Labute approximate surface area is 684 Å². The molecule has 16 rings (SSSR count). The largest absolute Gasteiger partial charge is 0.515 e. The molecule has 8 aliphatic heterocycles. The predicted molar refractivity (Wildman–Crippen MR) is 460 cm³/mol. The molecule has 8 saturated heterocycles. The zero-order valence-electron chi connectivity index (χ0n) is 66.5. The van der Waals surface area contributed by atoms with Gasteiger partial charge in [0.2, 0.25) is 0 Å². The van der Waals surface area contributed by atoms with E-state index < -0.39 is 104 Å². The maximum atomic E-state index is 9.22. The van der Waals surface area contributed by atoms with Gasteiger partial charge in [0, 0.05) is 67.9 Å². The smallest absolute Gasteiger partial charge is 0.413 e. The Balaban J connectivity index is 1.08. The molecule has 34 heteroatoms. The summed E-state index contributed by atoms with van der Waals surface area (Å²) in [6.07, 6.45) is 2.92. The Morgan fingerprint density at radius 3 is 0.553 bits per heavy atom. The van der Waals surface area contributed by atoms with E-state index in [9.17, 15) is 8.23 Å². The van der Waals surface area contributed by atoms with Crippen LogP contribution in [0.15, 0.2) is 243 Å². The lowest BCUT2D eigenvalue weighted by atomic mass is 10.4.